The zero-order valence-electron chi connectivity index (χ0n) is 13.2. The first-order valence-corrected chi connectivity index (χ1v) is 8.72. The monoisotopic (exact) mass is 280 g/mol. The van der Waals surface area contributed by atoms with Gasteiger partial charge >= 0.3 is 0 Å². The van der Waals surface area contributed by atoms with Gasteiger partial charge in [-0.1, -0.05) is 32.1 Å². The maximum Gasteiger partial charge on any atom is 0.222 e. The molecule has 1 heterocycles. The fourth-order valence-electron chi connectivity index (χ4n) is 3.78. The summed E-state index contributed by atoms with van der Waals surface area (Å²) in [6.45, 7) is 3.11. The van der Waals surface area contributed by atoms with Crippen molar-refractivity contribution >= 4 is 5.91 Å². The third kappa shape index (κ3) is 5.08. The van der Waals surface area contributed by atoms with Crippen molar-refractivity contribution in [3.05, 3.63) is 0 Å². The second kappa shape index (κ2) is 8.66. The number of amides is 1. The standard InChI is InChI=1S/C17H32N2O/c1-18-12-9-16-10-13-19(14-11-16)17(20)8-7-15-5-3-2-4-6-15/h15-16,18H,2-14H2,1H3. The van der Waals surface area contributed by atoms with E-state index >= 15 is 0 Å². The predicted octanol–water partition coefficient (Wildman–Crippen LogP) is 3.20. The van der Waals surface area contributed by atoms with E-state index in [0.29, 0.717) is 5.91 Å². The van der Waals surface area contributed by atoms with E-state index in [-0.39, 0.29) is 0 Å². The largest absolute Gasteiger partial charge is 0.343 e. The lowest BCUT2D eigenvalue weighted by Crippen LogP contribution is -2.39. The van der Waals surface area contributed by atoms with Gasteiger partial charge in [0.25, 0.3) is 0 Å². The molecule has 3 nitrogen and oxygen atoms in total. The van der Waals surface area contributed by atoms with Crippen LogP contribution in [-0.4, -0.2) is 37.5 Å². The molecular weight excluding hydrogens is 248 g/mol. The summed E-state index contributed by atoms with van der Waals surface area (Å²) in [4.78, 5) is 14.4. The molecule has 1 N–H and O–H groups in total. The van der Waals surface area contributed by atoms with Gasteiger partial charge in [-0.05, 0) is 51.1 Å². The molecule has 0 bridgehead atoms. The van der Waals surface area contributed by atoms with Crippen LogP contribution in [0.5, 0.6) is 0 Å². The van der Waals surface area contributed by atoms with E-state index in [1.165, 1.54) is 51.4 Å². The summed E-state index contributed by atoms with van der Waals surface area (Å²) in [5, 5.41) is 3.23. The van der Waals surface area contributed by atoms with E-state index < -0.39 is 0 Å². The van der Waals surface area contributed by atoms with Gasteiger partial charge < -0.3 is 10.2 Å². The van der Waals surface area contributed by atoms with Gasteiger partial charge in [0.2, 0.25) is 5.91 Å². The lowest BCUT2D eigenvalue weighted by Gasteiger charge is -2.32. The van der Waals surface area contributed by atoms with Gasteiger partial charge in [-0.2, -0.15) is 0 Å². The summed E-state index contributed by atoms with van der Waals surface area (Å²) in [5.41, 5.74) is 0. The zero-order chi connectivity index (χ0) is 14.2. The summed E-state index contributed by atoms with van der Waals surface area (Å²) in [7, 11) is 2.02. The highest BCUT2D eigenvalue weighted by atomic mass is 16.2. The number of nitrogens with one attached hydrogen (secondary N) is 1. The predicted molar refractivity (Wildman–Crippen MR) is 83.7 cm³/mol. The maximum absolute atomic E-state index is 12.3. The molecule has 0 atom stereocenters. The van der Waals surface area contributed by atoms with Gasteiger partial charge in [-0.15, -0.1) is 0 Å². The molecule has 0 radical (unpaired) electrons. The van der Waals surface area contributed by atoms with E-state index in [9.17, 15) is 4.79 Å². The number of hydrogen-bond acceptors (Lipinski definition) is 2. The van der Waals surface area contributed by atoms with Crippen LogP contribution in [0.15, 0.2) is 0 Å². The topological polar surface area (TPSA) is 32.3 Å². The first-order chi connectivity index (χ1) is 9.79. The molecule has 0 aromatic carbocycles. The molecule has 20 heavy (non-hydrogen) atoms. The number of piperidine rings is 1. The number of carbonyl (C=O) groups is 1. The van der Waals surface area contributed by atoms with Crippen molar-refractivity contribution in [2.24, 2.45) is 11.8 Å². The number of rotatable bonds is 6. The molecule has 0 aromatic rings. The van der Waals surface area contributed by atoms with Crippen molar-refractivity contribution in [1.82, 2.24) is 10.2 Å². The third-order valence-corrected chi connectivity index (χ3v) is 5.26. The SMILES string of the molecule is CNCCC1CCN(C(=O)CCC2CCCCC2)CC1. The normalized spacial score (nSPS) is 22.1. The molecule has 0 spiro atoms. The van der Waals surface area contributed by atoms with E-state index in [2.05, 4.69) is 10.2 Å². The lowest BCUT2D eigenvalue weighted by molar-refractivity contribution is -0.133. The molecule has 2 fully saturated rings. The number of nitrogens with zero attached hydrogens (tertiary/aromatic N) is 1. The fraction of sp³-hybridized carbons (Fsp3) is 0.941. The minimum atomic E-state index is 0.419. The quantitative estimate of drug-likeness (QED) is 0.810. The lowest BCUT2D eigenvalue weighted by atomic mass is 9.86. The molecule has 1 aliphatic heterocycles. The van der Waals surface area contributed by atoms with Gasteiger partial charge in [-0.25, -0.2) is 0 Å². The van der Waals surface area contributed by atoms with E-state index in [4.69, 9.17) is 0 Å². The minimum absolute atomic E-state index is 0.419. The van der Waals surface area contributed by atoms with Crippen LogP contribution in [0, 0.1) is 11.8 Å². The Kier molecular flexibility index (Phi) is 6.85. The van der Waals surface area contributed by atoms with Gasteiger partial charge in [0.05, 0.1) is 0 Å². The Morgan fingerprint density at radius 2 is 1.65 bits per heavy atom. The molecule has 1 saturated heterocycles. The second-order valence-electron chi connectivity index (χ2n) is 6.76. The van der Waals surface area contributed by atoms with Crippen molar-refractivity contribution in [1.29, 1.82) is 0 Å². The van der Waals surface area contributed by atoms with E-state index in [1.807, 2.05) is 7.05 Å². The summed E-state index contributed by atoms with van der Waals surface area (Å²) < 4.78 is 0. The highest BCUT2D eigenvalue weighted by Gasteiger charge is 2.23. The van der Waals surface area contributed by atoms with Crippen LogP contribution in [0.3, 0.4) is 0 Å². The van der Waals surface area contributed by atoms with Crippen molar-refractivity contribution in [2.45, 2.75) is 64.2 Å². The summed E-state index contributed by atoms with van der Waals surface area (Å²) in [5.74, 6) is 2.08. The summed E-state index contributed by atoms with van der Waals surface area (Å²) in [6.07, 6.45) is 12.5. The van der Waals surface area contributed by atoms with Gasteiger partial charge in [0.15, 0.2) is 0 Å². The average molecular weight is 280 g/mol. The highest BCUT2D eigenvalue weighted by molar-refractivity contribution is 5.76. The van der Waals surface area contributed by atoms with Crippen LogP contribution in [0.1, 0.15) is 64.2 Å². The van der Waals surface area contributed by atoms with Crippen molar-refractivity contribution in [2.75, 3.05) is 26.7 Å². The van der Waals surface area contributed by atoms with Crippen LogP contribution >= 0.6 is 0 Å². The Labute approximate surface area is 124 Å². The molecule has 0 aromatic heterocycles. The Morgan fingerprint density at radius 3 is 2.30 bits per heavy atom. The first kappa shape index (κ1) is 15.8. The molecule has 0 unspecified atom stereocenters. The average Bonchev–Trinajstić information content (AvgIpc) is 2.52. The first-order valence-electron chi connectivity index (χ1n) is 8.72. The second-order valence-corrected chi connectivity index (χ2v) is 6.76. The zero-order valence-corrected chi connectivity index (χ0v) is 13.2. The molecule has 116 valence electrons. The molecule has 1 amide bonds. The number of hydrogen-bond donors (Lipinski definition) is 1. The third-order valence-electron chi connectivity index (χ3n) is 5.26. The van der Waals surface area contributed by atoms with E-state index in [0.717, 1.165) is 44.3 Å². The van der Waals surface area contributed by atoms with Gasteiger partial charge in [-0.3, -0.25) is 4.79 Å². The van der Waals surface area contributed by atoms with Gasteiger partial charge in [0, 0.05) is 19.5 Å². The Morgan fingerprint density at radius 1 is 1.00 bits per heavy atom. The minimum Gasteiger partial charge on any atom is -0.343 e. The van der Waals surface area contributed by atoms with Crippen LogP contribution < -0.4 is 5.32 Å². The maximum atomic E-state index is 12.3. The molecule has 2 rings (SSSR count). The van der Waals surface area contributed by atoms with Crippen LogP contribution in [-0.2, 0) is 4.79 Å². The van der Waals surface area contributed by atoms with Gasteiger partial charge in [0.1, 0.15) is 0 Å². The molecule has 2 aliphatic rings. The van der Waals surface area contributed by atoms with Crippen molar-refractivity contribution in [3.63, 3.8) is 0 Å². The fourth-order valence-corrected chi connectivity index (χ4v) is 3.78. The molecule has 1 aliphatic carbocycles. The van der Waals surface area contributed by atoms with Crippen molar-refractivity contribution < 1.29 is 4.79 Å². The highest BCUT2D eigenvalue weighted by Crippen LogP contribution is 2.28. The van der Waals surface area contributed by atoms with E-state index in [1.54, 1.807) is 0 Å². The summed E-state index contributed by atoms with van der Waals surface area (Å²) in [6, 6.07) is 0. The smallest absolute Gasteiger partial charge is 0.222 e. The number of carbonyl (C=O) groups excluding carboxylic acids is 1. The Balaban J connectivity index is 1.61. The summed E-state index contributed by atoms with van der Waals surface area (Å²) >= 11 is 0. The molecule has 3 heteroatoms. The van der Waals surface area contributed by atoms with Crippen LogP contribution in [0.2, 0.25) is 0 Å². The van der Waals surface area contributed by atoms with Crippen LogP contribution in [0.25, 0.3) is 0 Å². The molecule has 1 saturated carbocycles. The van der Waals surface area contributed by atoms with Crippen LogP contribution in [0.4, 0.5) is 0 Å². The van der Waals surface area contributed by atoms with Crippen molar-refractivity contribution in [3.8, 4) is 0 Å². The number of likely N-dealkylation sites (tertiary alicyclic amines) is 1. The Bertz CT molecular complexity index is 279. The molecular formula is C17H32N2O. The Hall–Kier alpha value is -0.570.